The maximum Gasteiger partial charge on any atom is 0.326 e. The van der Waals surface area contributed by atoms with E-state index >= 15 is 0 Å². The summed E-state index contributed by atoms with van der Waals surface area (Å²) >= 11 is 0. The molecule has 0 saturated carbocycles. The van der Waals surface area contributed by atoms with Crippen molar-refractivity contribution in [3.8, 4) is 5.75 Å². The van der Waals surface area contributed by atoms with Gasteiger partial charge in [-0.1, -0.05) is 42.5 Å². The predicted octanol–water partition coefficient (Wildman–Crippen LogP) is -7.44. The summed E-state index contributed by atoms with van der Waals surface area (Å²) in [6.45, 7) is -3.62. The Kier molecular flexibility index (Phi) is 22.4. The molecule has 2 aromatic rings. The van der Waals surface area contributed by atoms with Crippen molar-refractivity contribution in [3.63, 3.8) is 0 Å². The van der Waals surface area contributed by atoms with Crippen molar-refractivity contribution in [3.05, 3.63) is 65.7 Å². The average Bonchev–Trinajstić information content (AvgIpc) is 3.26. The number of carbonyl (C=O) groups excluding carboxylic acids is 8. The monoisotopic (exact) mass is 919 g/mol. The Hall–Kier alpha value is -7.26. The van der Waals surface area contributed by atoms with Crippen molar-refractivity contribution in [2.45, 2.75) is 74.6 Å². The van der Waals surface area contributed by atoms with Crippen LogP contribution in [0.4, 0.5) is 0 Å². The van der Waals surface area contributed by atoms with Gasteiger partial charge in [-0.25, -0.2) is 4.79 Å². The van der Waals surface area contributed by atoms with Gasteiger partial charge in [0.15, 0.2) is 0 Å². The van der Waals surface area contributed by atoms with E-state index in [1.54, 1.807) is 30.3 Å². The Morgan fingerprint density at radius 1 is 0.523 bits per heavy atom. The standard InChI is InChI=1S/C39H53N9O17/c1-19(52)32(40)38(63)48-27(17-50)34(59)41-14-29(54)43-23(11-20-5-3-2-4-6-20)35(60)47-28(18-51)37(62)45-24(13-31(56)57)36(61)46-26(16-49)33(58)42-15-30(55)44-25(39(64)65)12-21-7-9-22(53)10-8-21/h2-10,19,23-28,32,49-53H,11-18,40H2,1H3,(H,41,59)(H,42,58)(H,43,54)(H,44,55)(H,45,62)(H,46,61)(H,47,60)(H,48,63)(H,56,57)(H,64,65)/t19-,23+,24+,25+,26+,27+,28+,32+/m1/s1. The fraction of sp³-hybridized carbons (Fsp3) is 0.436. The van der Waals surface area contributed by atoms with Gasteiger partial charge in [-0.2, -0.15) is 0 Å². The molecule has 0 unspecified atom stereocenters. The SMILES string of the molecule is C[C@@H](O)[C@H](N)C(=O)N[C@@H](CO)C(=O)NCC(=O)N[C@@H](Cc1ccccc1)C(=O)N[C@@H](CO)C(=O)N[C@@H](CC(=O)O)C(=O)N[C@@H](CO)C(=O)NCC(=O)N[C@@H](Cc1ccc(O)cc1)C(=O)O. The number of aliphatic hydroxyl groups is 4. The van der Waals surface area contributed by atoms with Gasteiger partial charge in [-0.05, 0) is 30.2 Å². The second-order valence-corrected chi connectivity index (χ2v) is 14.2. The van der Waals surface area contributed by atoms with E-state index in [0.29, 0.717) is 11.1 Å². The molecule has 0 aliphatic rings. The Bertz CT molecular complexity index is 1990. The molecule has 2 aromatic carbocycles. The minimum atomic E-state index is -2.01. The maximum absolute atomic E-state index is 13.5. The van der Waals surface area contributed by atoms with Gasteiger partial charge >= 0.3 is 11.9 Å². The highest BCUT2D eigenvalue weighted by atomic mass is 16.4. The van der Waals surface area contributed by atoms with Gasteiger partial charge in [0.2, 0.25) is 47.3 Å². The molecule has 8 atom stereocenters. The minimum absolute atomic E-state index is 0.0760. The maximum atomic E-state index is 13.5. The number of hydrogen-bond donors (Lipinski definition) is 16. The quantitative estimate of drug-likeness (QED) is 0.0396. The van der Waals surface area contributed by atoms with Gasteiger partial charge in [0.1, 0.15) is 48.0 Å². The van der Waals surface area contributed by atoms with E-state index < -0.39 is 147 Å². The smallest absolute Gasteiger partial charge is 0.326 e. The molecular weight excluding hydrogens is 866 g/mol. The first kappa shape index (κ1) is 53.9. The molecule has 356 valence electrons. The molecule has 0 aromatic heterocycles. The number of benzene rings is 2. The number of aliphatic hydroxyl groups excluding tert-OH is 4. The van der Waals surface area contributed by atoms with Crippen molar-refractivity contribution < 1.29 is 83.7 Å². The fourth-order valence-corrected chi connectivity index (χ4v) is 5.47. The van der Waals surface area contributed by atoms with Crippen molar-refractivity contribution >= 4 is 59.2 Å². The van der Waals surface area contributed by atoms with E-state index in [2.05, 4.69) is 31.9 Å². The third-order valence-electron chi connectivity index (χ3n) is 9.07. The van der Waals surface area contributed by atoms with Crippen LogP contribution < -0.4 is 48.3 Å². The molecule has 65 heavy (non-hydrogen) atoms. The first-order valence-electron chi connectivity index (χ1n) is 19.6. The summed E-state index contributed by atoms with van der Waals surface area (Å²) in [5.74, 6) is -12.1. The Labute approximate surface area is 369 Å². The van der Waals surface area contributed by atoms with Crippen molar-refractivity contribution in [1.82, 2.24) is 42.5 Å². The van der Waals surface area contributed by atoms with Crippen LogP contribution in [0.1, 0.15) is 24.5 Å². The Morgan fingerprint density at radius 3 is 1.38 bits per heavy atom. The second kappa shape index (κ2) is 27.0. The number of nitrogens with one attached hydrogen (secondary N) is 8. The lowest BCUT2D eigenvalue weighted by Gasteiger charge is -2.25. The van der Waals surface area contributed by atoms with Gasteiger partial charge < -0.3 is 84.0 Å². The van der Waals surface area contributed by atoms with Gasteiger partial charge in [-0.15, -0.1) is 0 Å². The summed E-state index contributed by atoms with van der Waals surface area (Å²) in [6, 6.07) is 1.73. The molecule has 0 bridgehead atoms. The van der Waals surface area contributed by atoms with Gasteiger partial charge in [0.05, 0.1) is 45.4 Å². The van der Waals surface area contributed by atoms with E-state index in [1.165, 1.54) is 31.2 Å². The van der Waals surface area contributed by atoms with Crippen LogP contribution in [0.2, 0.25) is 0 Å². The molecule has 0 fully saturated rings. The van der Waals surface area contributed by atoms with Crippen LogP contribution in [0.3, 0.4) is 0 Å². The van der Waals surface area contributed by atoms with Crippen molar-refractivity contribution in [1.29, 1.82) is 0 Å². The molecule has 0 aliphatic carbocycles. The molecule has 26 heteroatoms. The van der Waals surface area contributed by atoms with Crippen molar-refractivity contribution in [2.24, 2.45) is 5.73 Å². The van der Waals surface area contributed by atoms with Crippen LogP contribution in [-0.2, 0) is 60.8 Å². The summed E-state index contributed by atoms with van der Waals surface area (Å²) in [7, 11) is 0. The van der Waals surface area contributed by atoms with Gasteiger partial charge in [0.25, 0.3) is 0 Å². The first-order valence-corrected chi connectivity index (χ1v) is 19.6. The highest BCUT2D eigenvalue weighted by Gasteiger charge is 2.33. The molecule has 26 nitrogen and oxygen atoms in total. The summed E-state index contributed by atoms with van der Waals surface area (Å²) in [5.41, 5.74) is 6.45. The molecule has 8 amide bonds. The third kappa shape index (κ3) is 18.9. The van der Waals surface area contributed by atoms with Crippen molar-refractivity contribution in [2.75, 3.05) is 32.9 Å². The number of rotatable bonds is 27. The largest absolute Gasteiger partial charge is 0.508 e. The minimum Gasteiger partial charge on any atom is -0.508 e. The number of hydrogen-bond acceptors (Lipinski definition) is 16. The Morgan fingerprint density at radius 2 is 0.923 bits per heavy atom. The predicted molar refractivity (Wildman–Crippen MR) is 220 cm³/mol. The summed E-state index contributed by atoms with van der Waals surface area (Å²) < 4.78 is 0. The molecule has 0 radical (unpaired) electrons. The summed E-state index contributed by atoms with van der Waals surface area (Å²) in [6.07, 6.45) is -2.85. The zero-order chi connectivity index (χ0) is 48.8. The molecule has 0 aliphatic heterocycles. The lowest BCUT2D eigenvalue weighted by Crippen LogP contribution is -2.60. The van der Waals surface area contributed by atoms with Gasteiger partial charge in [-0.3, -0.25) is 43.2 Å². The topological polar surface area (TPSA) is 435 Å². The number of carboxylic acid groups (broad SMARTS) is 2. The highest BCUT2D eigenvalue weighted by Crippen LogP contribution is 2.12. The first-order chi connectivity index (χ1) is 30.7. The third-order valence-corrected chi connectivity index (χ3v) is 9.07. The van der Waals surface area contributed by atoms with E-state index in [4.69, 9.17) is 5.73 Å². The number of aromatic hydroxyl groups is 1. The summed E-state index contributed by atoms with van der Waals surface area (Å²) in [5, 5.41) is 84.4. The van der Waals surface area contributed by atoms with Crippen LogP contribution in [0.15, 0.2) is 54.6 Å². The number of amides is 8. The Balaban J connectivity index is 2.10. The van der Waals surface area contributed by atoms with E-state index in [9.17, 15) is 83.7 Å². The summed E-state index contributed by atoms with van der Waals surface area (Å²) in [4.78, 5) is 126. The van der Waals surface area contributed by atoms with Crippen LogP contribution in [0.25, 0.3) is 0 Å². The number of phenolic OH excluding ortho intramolecular Hbond substituents is 1. The lowest BCUT2D eigenvalue weighted by atomic mass is 10.0. The normalized spacial score (nSPS) is 14.5. The number of carboxylic acids is 2. The van der Waals surface area contributed by atoms with Crippen LogP contribution >= 0.6 is 0 Å². The molecule has 0 saturated heterocycles. The van der Waals surface area contributed by atoms with Crippen LogP contribution in [0, 0.1) is 0 Å². The number of aliphatic carboxylic acids is 2. The molecule has 0 spiro atoms. The van der Waals surface area contributed by atoms with E-state index in [0.717, 1.165) is 0 Å². The van der Waals surface area contributed by atoms with Crippen LogP contribution in [-0.4, -0.2) is 176 Å². The molecule has 17 N–H and O–H groups in total. The van der Waals surface area contributed by atoms with E-state index in [-0.39, 0.29) is 18.6 Å². The molecular formula is C39H53N9O17. The lowest BCUT2D eigenvalue weighted by molar-refractivity contribution is -0.142. The van der Waals surface area contributed by atoms with Gasteiger partial charge in [0, 0.05) is 12.8 Å². The fourth-order valence-electron chi connectivity index (χ4n) is 5.47. The zero-order valence-corrected chi connectivity index (χ0v) is 34.8. The number of nitrogens with two attached hydrogens (primary N) is 1. The second-order valence-electron chi connectivity index (χ2n) is 14.2. The zero-order valence-electron chi connectivity index (χ0n) is 34.8. The highest BCUT2D eigenvalue weighted by molar-refractivity contribution is 5.98. The van der Waals surface area contributed by atoms with E-state index in [1.807, 2.05) is 10.6 Å². The molecule has 0 heterocycles. The average molecular weight is 920 g/mol. The molecule has 2 rings (SSSR count). The number of phenols is 1. The number of carbonyl (C=O) groups is 10. The van der Waals surface area contributed by atoms with Crippen LogP contribution in [0.5, 0.6) is 5.75 Å².